The Kier molecular flexibility index (Phi) is 19.2. The van der Waals surface area contributed by atoms with Crippen LogP contribution in [-0.4, -0.2) is 86.1 Å². The van der Waals surface area contributed by atoms with Gasteiger partial charge < -0.3 is 33.9 Å². The quantitative estimate of drug-likeness (QED) is 0.0304. The molecule has 0 saturated heterocycles. The fourth-order valence-corrected chi connectivity index (χ4v) is 10.6. The summed E-state index contributed by atoms with van der Waals surface area (Å²) in [6.45, 7) is 2.28. The lowest BCUT2D eigenvalue weighted by Gasteiger charge is -2.34. The van der Waals surface area contributed by atoms with E-state index < -0.39 is 5.60 Å². The molecule has 0 unspecified atom stereocenters. The minimum absolute atomic E-state index is 0.00400. The summed E-state index contributed by atoms with van der Waals surface area (Å²) in [7, 11) is 14.3. The van der Waals surface area contributed by atoms with E-state index in [1.807, 2.05) is 78.7 Å². The van der Waals surface area contributed by atoms with Crippen LogP contribution in [0.2, 0.25) is 0 Å². The van der Waals surface area contributed by atoms with E-state index in [0.29, 0.717) is 37.1 Å². The molecule has 2 aliphatic rings. The molecule has 0 atom stereocenters. The molecule has 12 heteroatoms. The number of carbonyl (C=O) groups is 1. The van der Waals surface area contributed by atoms with Crippen LogP contribution in [0.5, 0.6) is 0 Å². The average Bonchev–Trinajstić information content (AvgIpc) is 3.50. The zero-order valence-electron chi connectivity index (χ0n) is 47.2. The molecule has 0 bridgehead atoms. The molecule has 0 radical (unpaired) electrons. The van der Waals surface area contributed by atoms with Gasteiger partial charge in [-0.3, -0.25) is 5.32 Å². The van der Waals surface area contributed by atoms with Crippen LogP contribution >= 0.6 is 24.0 Å². The molecule has 7 aromatic rings. The van der Waals surface area contributed by atoms with Gasteiger partial charge in [-0.15, -0.1) is 0 Å². The van der Waals surface area contributed by atoms with Crippen LogP contribution in [0.4, 0.5) is 28.4 Å². The van der Waals surface area contributed by atoms with E-state index in [0.717, 1.165) is 94.9 Å². The third-order valence-corrected chi connectivity index (χ3v) is 15.2. The van der Waals surface area contributed by atoms with E-state index in [4.69, 9.17) is 26.5 Å². The highest BCUT2D eigenvalue weighted by Gasteiger charge is 2.31. The predicted octanol–water partition coefficient (Wildman–Crippen LogP) is 14.5. The van der Waals surface area contributed by atoms with Crippen molar-refractivity contribution < 1.29 is 19.1 Å². The molecule has 10 nitrogen and oxygen atoms in total. The van der Waals surface area contributed by atoms with Gasteiger partial charge in [-0.25, -0.2) is 9.90 Å². The molecule has 0 saturated carbocycles. The molecule has 0 aliphatic carbocycles. The summed E-state index contributed by atoms with van der Waals surface area (Å²) >= 11 is 7.69. The Hall–Kier alpha value is -8.39. The number of anilines is 5. The van der Waals surface area contributed by atoms with Crippen LogP contribution in [0.3, 0.4) is 0 Å². The highest BCUT2D eigenvalue weighted by atomic mass is 32.2. The van der Waals surface area contributed by atoms with Gasteiger partial charge >= 0.3 is 0 Å². The van der Waals surface area contributed by atoms with E-state index in [-0.39, 0.29) is 6.42 Å². The summed E-state index contributed by atoms with van der Waals surface area (Å²) < 4.78 is 12.4. The fourth-order valence-electron chi connectivity index (χ4n) is 9.25. The van der Waals surface area contributed by atoms with Crippen molar-refractivity contribution in [3.8, 4) is 0 Å². The van der Waals surface area contributed by atoms with E-state index >= 15 is 0 Å². The smallest absolute Gasteiger partial charge is 0.169 e. The first-order valence-corrected chi connectivity index (χ1v) is 28.3. The Balaban J connectivity index is 1.04. The van der Waals surface area contributed by atoms with Crippen molar-refractivity contribution in [2.24, 2.45) is 0 Å². The molecule has 9 rings (SSSR count). The fraction of sp³-hybridized carbons (Fsp3) is 0.188. The predicted molar refractivity (Wildman–Crippen MR) is 346 cm³/mol. The normalized spacial score (nSPS) is 14.6. The number of thiocarbonyl (C=S) groups is 1. The molecule has 0 spiro atoms. The lowest BCUT2D eigenvalue weighted by atomic mass is 9.97. The van der Waals surface area contributed by atoms with Crippen molar-refractivity contribution >= 4 is 97.8 Å². The number of nitrogens with one attached hydrogen (secondary N) is 1. The molecule has 2 aliphatic heterocycles. The summed E-state index contributed by atoms with van der Waals surface area (Å²) in [6, 6.07) is 62.5. The van der Waals surface area contributed by atoms with Crippen molar-refractivity contribution in [1.29, 1.82) is 0 Å². The summed E-state index contributed by atoms with van der Waals surface area (Å²) in [4.78, 5) is 30.3. The number of hydrogen-bond donors (Lipinski definition) is 1. The molecule has 0 aromatic heterocycles. The summed E-state index contributed by atoms with van der Waals surface area (Å²) in [6.07, 6.45) is 15.8. The van der Waals surface area contributed by atoms with Crippen LogP contribution in [0.15, 0.2) is 217 Å². The molecule has 2 heterocycles. The van der Waals surface area contributed by atoms with Gasteiger partial charge in [-0.05, 0) is 155 Å². The first kappa shape index (κ1) is 57.3. The van der Waals surface area contributed by atoms with Gasteiger partial charge in [0.2, 0.25) is 0 Å². The molecule has 1 N–H and O–H groups in total. The third-order valence-electron chi connectivity index (χ3n) is 13.8. The number of aldehydes is 1. The highest BCUT2D eigenvalue weighted by molar-refractivity contribution is 8.12. The Morgan fingerprint density at radius 3 is 1.62 bits per heavy atom. The number of hydrogen-bond acceptors (Lipinski definition) is 11. The molecule has 0 fully saturated rings. The maximum absolute atomic E-state index is 12.2. The van der Waals surface area contributed by atoms with Gasteiger partial charge in [0.25, 0.3) is 0 Å². The summed E-state index contributed by atoms with van der Waals surface area (Å²) in [5.74, 6) is 1.51. The SMILES string of the molecule is CN(C)c1ccc(C=CC(C=Cc2ccc(N(C)C)cc2)(C=C2C=C(c3cccc(CNCN(C)c4ccc(C5=C(c6ccc(N(C)C)cc6)OCCO5)cc4)c3)C=C(c3ccccc3)S2)ON(C(=S)CC=O)c2ccccc2)cc1. The zero-order valence-corrected chi connectivity index (χ0v) is 48.8. The Morgan fingerprint density at radius 2 is 1.09 bits per heavy atom. The zero-order chi connectivity index (χ0) is 56.7. The molecular formula is C69H70N6O4S2. The minimum atomic E-state index is -1.28. The number of benzene rings is 7. The molecule has 81 heavy (non-hydrogen) atoms. The largest absolute Gasteiger partial charge is 0.485 e. The maximum atomic E-state index is 12.2. The van der Waals surface area contributed by atoms with Crippen LogP contribution in [0, 0.1) is 0 Å². The number of ether oxygens (including phenoxy) is 2. The van der Waals surface area contributed by atoms with Crippen LogP contribution < -0.4 is 30.0 Å². The molecule has 0 amide bonds. The number of rotatable bonds is 22. The lowest BCUT2D eigenvalue weighted by molar-refractivity contribution is -0.106. The van der Waals surface area contributed by atoms with Crippen LogP contribution in [0.1, 0.15) is 45.4 Å². The van der Waals surface area contributed by atoms with Gasteiger partial charge in [-0.1, -0.05) is 127 Å². The first-order valence-electron chi connectivity index (χ1n) is 27.1. The Bertz CT molecular complexity index is 3380. The number of nitrogens with zero attached hydrogens (tertiary/aromatic N) is 5. The van der Waals surface area contributed by atoms with Gasteiger partial charge in [0, 0.05) is 99.6 Å². The Labute approximate surface area is 488 Å². The number of carbonyl (C=O) groups excluding carboxylic acids is 1. The van der Waals surface area contributed by atoms with Crippen LogP contribution in [-0.2, 0) is 25.7 Å². The van der Waals surface area contributed by atoms with Gasteiger partial charge in [0.1, 0.15) is 24.5 Å². The summed E-state index contributed by atoms with van der Waals surface area (Å²) in [5.41, 5.74) is 12.1. The van der Waals surface area contributed by atoms with Crippen molar-refractivity contribution in [1.82, 2.24) is 5.32 Å². The topological polar surface area (TPSA) is 73.0 Å². The summed E-state index contributed by atoms with van der Waals surface area (Å²) in [5, 5.41) is 5.31. The van der Waals surface area contributed by atoms with Crippen LogP contribution in [0.25, 0.3) is 34.1 Å². The number of allylic oxidation sites excluding steroid dienone is 3. The Morgan fingerprint density at radius 1 is 0.580 bits per heavy atom. The van der Waals surface area contributed by atoms with Gasteiger partial charge in [0.15, 0.2) is 17.1 Å². The van der Waals surface area contributed by atoms with E-state index in [9.17, 15) is 4.79 Å². The highest BCUT2D eigenvalue weighted by Crippen LogP contribution is 2.44. The lowest BCUT2D eigenvalue weighted by Crippen LogP contribution is -2.40. The van der Waals surface area contributed by atoms with Gasteiger partial charge in [0.05, 0.1) is 18.8 Å². The number of thioether (sulfide) groups is 1. The first-order chi connectivity index (χ1) is 39.3. The van der Waals surface area contributed by atoms with Crippen molar-refractivity contribution in [3.63, 3.8) is 0 Å². The molecular weight excluding hydrogens is 1040 g/mol. The standard InChI is InChI=1S/C69H70N6O4S2/c1-71(2)59-29-21-51(22-30-59)37-40-69(41-38-52-23-31-60(32-24-52)72(3)4,79-75(66(80)39-42-76)63-19-12-9-13-20-63)48-64-46-58(47-65(81-64)54-16-10-8-11-17-54)57-18-14-15-53(45-57)49-70-50-74(7)62-35-27-56(28-36-62)68-67(77-43-44-78-68)55-25-33-61(34-26-55)73(5)6/h8-38,40-42,45-48,70H,39,43-44,49-50H2,1-7H3. The second kappa shape index (κ2) is 27.2. The monoisotopic (exact) mass is 1110 g/mol. The van der Waals surface area contributed by atoms with E-state index in [1.165, 1.54) is 0 Å². The van der Waals surface area contributed by atoms with Gasteiger partial charge in [-0.2, -0.15) is 0 Å². The minimum Gasteiger partial charge on any atom is -0.485 e. The van der Waals surface area contributed by atoms with Crippen molar-refractivity contribution in [3.05, 3.63) is 256 Å². The molecule has 412 valence electrons. The number of hydroxylamine groups is 1. The number of para-hydroxylation sites is 1. The van der Waals surface area contributed by atoms with E-state index in [1.54, 1.807) is 16.8 Å². The maximum Gasteiger partial charge on any atom is 0.169 e. The third kappa shape index (κ3) is 15.1. The van der Waals surface area contributed by atoms with Crippen molar-refractivity contribution in [2.75, 3.05) is 93.9 Å². The molecule has 7 aromatic carbocycles. The average molecular weight is 1110 g/mol. The second-order valence-corrected chi connectivity index (χ2v) is 22.0. The van der Waals surface area contributed by atoms with E-state index in [2.05, 4.69) is 220 Å². The second-order valence-electron chi connectivity index (χ2n) is 20.4. The van der Waals surface area contributed by atoms with Crippen molar-refractivity contribution in [2.45, 2.75) is 18.6 Å².